The Kier molecular flexibility index (Phi) is 6.30. The van der Waals surface area contributed by atoms with Crippen LogP contribution in [0.15, 0.2) is 28.9 Å². The summed E-state index contributed by atoms with van der Waals surface area (Å²) in [6.07, 6.45) is 5.45. The number of amides is 2. The molecule has 5 heteroatoms. The summed E-state index contributed by atoms with van der Waals surface area (Å²) in [7, 11) is 0. The Labute approximate surface area is 191 Å². The highest BCUT2D eigenvalue weighted by Crippen LogP contribution is 2.49. The molecule has 2 saturated heterocycles. The largest absolute Gasteiger partial charge is 0.507 e. The van der Waals surface area contributed by atoms with Gasteiger partial charge in [0.25, 0.3) is 0 Å². The summed E-state index contributed by atoms with van der Waals surface area (Å²) in [5, 5.41) is 10.0. The van der Waals surface area contributed by atoms with E-state index in [1.807, 2.05) is 32.9 Å². The van der Waals surface area contributed by atoms with Crippen molar-refractivity contribution in [2.24, 2.45) is 17.8 Å². The lowest BCUT2D eigenvalue weighted by molar-refractivity contribution is -0.140. The Balaban J connectivity index is 1.47. The van der Waals surface area contributed by atoms with E-state index in [0.29, 0.717) is 25.3 Å². The Morgan fingerprint density at radius 1 is 1.16 bits per heavy atom. The minimum absolute atomic E-state index is 0.00949. The van der Waals surface area contributed by atoms with Gasteiger partial charge in [0.1, 0.15) is 5.75 Å². The van der Waals surface area contributed by atoms with Crippen molar-refractivity contribution in [3.05, 3.63) is 45.5 Å². The number of nitrogens with zero attached hydrogens (tertiary/aromatic N) is 1. The number of aryl methyl sites for hydroxylation is 2. The average molecular weight is 438 g/mol. The Hall–Kier alpha value is -2.40. The predicted octanol–water partition coefficient (Wildman–Crippen LogP) is 4.94. The van der Waals surface area contributed by atoms with Crippen LogP contribution in [0, 0.1) is 31.6 Å². The minimum atomic E-state index is -0.239. The van der Waals surface area contributed by atoms with Gasteiger partial charge in [-0.2, -0.15) is 0 Å². The summed E-state index contributed by atoms with van der Waals surface area (Å²) >= 11 is 0. The van der Waals surface area contributed by atoms with E-state index in [2.05, 4.69) is 19.9 Å². The van der Waals surface area contributed by atoms with Crippen molar-refractivity contribution < 1.29 is 19.4 Å². The van der Waals surface area contributed by atoms with E-state index in [4.69, 9.17) is 4.74 Å². The number of hydrogen-bond donors (Lipinski definition) is 1. The van der Waals surface area contributed by atoms with E-state index >= 15 is 0 Å². The number of hydrogen-bond acceptors (Lipinski definition) is 4. The molecule has 0 aromatic heterocycles. The third-order valence-corrected chi connectivity index (χ3v) is 7.42. The summed E-state index contributed by atoms with van der Waals surface area (Å²) in [5.41, 5.74) is 6.64. The normalized spacial score (nSPS) is 27.9. The monoisotopic (exact) mass is 437 g/mol. The number of imide groups is 1. The van der Waals surface area contributed by atoms with Crippen LogP contribution in [-0.2, 0) is 14.3 Å². The number of rotatable bonds is 6. The Morgan fingerprint density at radius 3 is 2.50 bits per heavy atom. The van der Waals surface area contributed by atoms with Crippen molar-refractivity contribution in [3.63, 3.8) is 0 Å². The van der Waals surface area contributed by atoms with Crippen molar-refractivity contribution in [2.75, 3.05) is 13.2 Å². The third-order valence-electron chi connectivity index (χ3n) is 7.42. The maximum absolute atomic E-state index is 13.0. The highest BCUT2D eigenvalue weighted by molar-refractivity contribution is 6.05. The quantitative estimate of drug-likeness (QED) is 0.506. The molecule has 4 atom stereocenters. The maximum atomic E-state index is 13.0. The van der Waals surface area contributed by atoms with Gasteiger partial charge in [0.2, 0.25) is 11.8 Å². The average Bonchev–Trinajstić information content (AvgIpc) is 3.26. The van der Waals surface area contributed by atoms with E-state index in [-0.39, 0.29) is 35.7 Å². The minimum Gasteiger partial charge on any atom is -0.507 e. The molecular formula is C27H35NO4. The fraction of sp³-hybridized carbons (Fsp3) is 0.556. The smallest absolute Gasteiger partial charge is 0.233 e. The lowest BCUT2D eigenvalue weighted by Gasteiger charge is -2.30. The van der Waals surface area contributed by atoms with Gasteiger partial charge >= 0.3 is 0 Å². The molecule has 0 unspecified atom stereocenters. The highest BCUT2D eigenvalue weighted by Gasteiger charge is 2.56. The topological polar surface area (TPSA) is 66.8 Å². The van der Waals surface area contributed by atoms with Crippen LogP contribution >= 0.6 is 0 Å². The summed E-state index contributed by atoms with van der Waals surface area (Å²) < 4.78 is 6.21. The second-order valence-electron chi connectivity index (χ2n) is 9.86. The highest BCUT2D eigenvalue weighted by atomic mass is 16.5. The van der Waals surface area contributed by atoms with Gasteiger partial charge in [0, 0.05) is 12.5 Å². The molecular weight excluding hydrogens is 402 g/mol. The summed E-state index contributed by atoms with van der Waals surface area (Å²) in [6.45, 7) is 11.2. The molecule has 1 aromatic carbocycles. The number of aromatic hydroxyl groups is 1. The molecule has 2 aliphatic heterocycles. The first-order chi connectivity index (χ1) is 15.2. The molecule has 172 valence electrons. The van der Waals surface area contributed by atoms with Crippen LogP contribution in [0.4, 0.5) is 0 Å². The third kappa shape index (κ3) is 3.92. The molecule has 2 heterocycles. The molecule has 4 rings (SSSR count). The fourth-order valence-corrected chi connectivity index (χ4v) is 5.93. The van der Waals surface area contributed by atoms with Gasteiger partial charge < -0.3 is 9.84 Å². The molecule has 1 aromatic rings. The molecule has 2 fully saturated rings. The van der Waals surface area contributed by atoms with Gasteiger partial charge in [0.05, 0.1) is 24.5 Å². The van der Waals surface area contributed by atoms with E-state index in [0.717, 1.165) is 36.0 Å². The number of benzene rings is 1. The summed E-state index contributed by atoms with van der Waals surface area (Å²) in [5.74, 6) is -0.00768. The molecule has 2 amide bonds. The number of carbonyl (C=O) groups is 2. The van der Waals surface area contributed by atoms with Crippen molar-refractivity contribution >= 4 is 17.9 Å². The van der Waals surface area contributed by atoms with Gasteiger partial charge in [-0.1, -0.05) is 24.1 Å². The van der Waals surface area contributed by atoms with Crippen molar-refractivity contribution in [2.45, 2.75) is 66.4 Å². The molecule has 1 N–H and O–H groups in total. The van der Waals surface area contributed by atoms with E-state index < -0.39 is 0 Å². The Morgan fingerprint density at radius 2 is 1.84 bits per heavy atom. The second kappa shape index (κ2) is 8.86. The van der Waals surface area contributed by atoms with Gasteiger partial charge in [-0.3, -0.25) is 14.5 Å². The zero-order valence-corrected chi connectivity index (χ0v) is 19.9. The summed E-state index contributed by atoms with van der Waals surface area (Å²) in [4.78, 5) is 27.4. The van der Waals surface area contributed by atoms with Gasteiger partial charge in [0.15, 0.2) is 0 Å². The van der Waals surface area contributed by atoms with Crippen LogP contribution in [0.5, 0.6) is 5.75 Å². The van der Waals surface area contributed by atoms with Crippen LogP contribution in [0.2, 0.25) is 0 Å². The number of allylic oxidation sites excluding steroid dienone is 2. The van der Waals surface area contributed by atoms with Crippen LogP contribution < -0.4 is 0 Å². The van der Waals surface area contributed by atoms with Crippen LogP contribution in [-0.4, -0.2) is 41.1 Å². The van der Waals surface area contributed by atoms with E-state index in [1.165, 1.54) is 21.6 Å². The van der Waals surface area contributed by atoms with Crippen molar-refractivity contribution in [3.8, 4) is 5.75 Å². The molecule has 0 radical (unpaired) electrons. The lowest BCUT2D eigenvalue weighted by atomic mass is 9.70. The maximum Gasteiger partial charge on any atom is 0.233 e. The number of likely N-dealkylation sites (tertiary alicyclic amines) is 1. The molecule has 32 heavy (non-hydrogen) atoms. The van der Waals surface area contributed by atoms with E-state index in [1.54, 1.807) is 0 Å². The molecule has 3 aliphatic rings. The van der Waals surface area contributed by atoms with Crippen molar-refractivity contribution in [1.82, 2.24) is 4.90 Å². The number of phenols is 1. The first-order valence-corrected chi connectivity index (χ1v) is 11.9. The molecule has 0 bridgehead atoms. The van der Waals surface area contributed by atoms with Gasteiger partial charge in [-0.05, 0) is 87.8 Å². The first kappa shape index (κ1) is 22.8. The second-order valence-corrected chi connectivity index (χ2v) is 9.86. The number of fused-ring (bicyclic) bond motifs is 3. The molecule has 1 aliphatic carbocycles. The number of ether oxygens (including phenoxy) is 1. The predicted molar refractivity (Wildman–Crippen MR) is 125 cm³/mol. The number of phenolic OH excluding ortho intramolecular Hbond substituents is 1. The zero-order chi connectivity index (χ0) is 23.2. The van der Waals surface area contributed by atoms with Crippen LogP contribution in [0.25, 0.3) is 6.08 Å². The van der Waals surface area contributed by atoms with Crippen molar-refractivity contribution in [1.29, 1.82) is 0 Å². The fourth-order valence-electron chi connectivity index (χ4n) is 5.93. The lowest BCUT2D eigenvalue weighted by Crippen LogP contribution is -2.34. The summed E-state index contributed by atoms with van der Waals surface area (Å²) in [6, 6.07) is 4.01. The standard InChI is InChI=1S/C27H35NO4/c1-6-9-28-26(30)20-13-16(3)23-21(24(20)27(28)31)14-32-22(23)8-7-15(2)10-19-11-17(4)25(29)18(5)12-19/h10-12,20-22,24,29H,6-9,13-14H2,1-5H3/b15-10+/t20-,21+,22-,24-/m1/s1. The first-order valence-electron chi connectivity index (χ1n) is 11.9. The molecule has 5 nitrogen and oxygen atoms in total. The van der Waals surface area contributed by atoms with Gasteiger partial charge in [-0.15, -0.1) is 0 Å². The van der Waals surface area contributed by atoms with Gasteiger partial charge in [-0.25, -0.2) is 0 Å². The van der Waals surface area contributed by atoms with Crippen LogP contribution in [0.1, 0.15) is 63.1 Å². The zero-order valence-electron chi connectivity index (χ0n) is 19.9. The Bertz CT molecular complexity index is 982. The molecule has 0 spiro atoms. The SMILES string of the molecule is CCCN1C(=O)[C@@H]2[C@@H](CC(C)=C3[C@@H](CC/C(C)=C/c4cc(C)c(O)c(C)c4)OC[C@@H]32)C1=O. The molecule has 0 saturated carbocycles. The number of carbonyl (C=O) groups excluding carboxylic acids is 2. The van der Waals surface area contributed by atoms with E-state index in [9.17, 15) is 14.7 Å². The van der Waals surface area contributed by atoms with Crippen LogP contribution in [0.3, 0.4) is 0 Å².